The second kappa shape index (κ2) is 8.82. The lowest BCUT2D eigenvalue weighted by Crippen LogP contribution is -2.47. The average molecular weight is 439 g/mol. The lowest BCUT2D eigenvalue weighted by Gasteiger charge is -2.34. The summed E-state index contributed by atoms with van der Waals surface area (Å²) in [6.07, 6.45) is 0.762. The molecule has 0 aliphatic carbocycles. The average Bonchev–Trinajstić information content (AvgIpc) is 3.23. The Kier molecular flexibility index (Phi) is 5.76. The Balaban J connectivity index is 1.30. The first kappa shape index (κ1) is 20.2. The Morgan fingerprint density at radius 3 is 2.87 bits per heavy atom. The van der Waals surface area contributed by atoms with Crippen LogP contribution in [0.4, 0.5) is 5.13 Å². The molecule has 2 aliphatic rings. The molecule has 2 aliphatic heterocycles. The number of β-amino-alcohol motifs (C(OH)–C–C–N with tert-alkyl or cyclic N) is 1. The molecule has 0 saturated carbocycles. The first-order valence-electron chi connectivity index (χ1n) is 10.7. The molecule has 1 aromatic heterocycles. The zero-order chi connectivity index (χ0) is 21.2. The van der Waals surface area contributed by atoms with E-state index in [-0.39, 0.29) is 18.6 Å². The summed E-state index contributed by atoms with van der Waals surface area (Å²) in [5.74, 6) is 0.775. The molecule has 1 amide bonds. The van der Waals surface area contributed by atoms with E-state index in [1.807, 2.05) is 42.5 Å². The van der Waals surface area contributed by atoms with Gasteiger partial charge in [0.15, 0.2) is 5.13 Å². The van der Waals surface area contributed by atoms with E-state index in [0.29, 0.717) is 12.2 Å². The van der Waals surface area contributed by atoms with Gasteiger partial charge in [-0.05, 0) is 24.3 Å². The summed E-state index contributed by atoms with van der Waals surface area (Å²) in [5.41, 5.74) is 2.61. The number of hydrogen-bond donors (Lipinski definition) is 2. The highest BCUT2D eigenvalue weighted by atomic mass is 32.1. The van der Waals surface area contributed by atoms with E-state index in [0.717, 1.165) is 65.8 Å². The number of carbonyl (C=O) groups is 1. The topological polar surface area (TPSA) is 77.9 Å². The van der Waals surface area contributed by atoms with Gasteiger partial charge in [0.1, 0.15) is 5.75 Å². The lowest BCUT2D eigenvalue weighted by molar-refractivity contribution is 0.0925. The molecule has 2 aromatic carbocycles. The maximum Gasteiger partial charge on any atom is 0.251 e. The van der Waals surface area contributed by atoms with Gasteiger partial charge in [0.05, 0.1) is 29.5 Å². The third-order valence-corrected chi connectivity index (χ3v) is 7.04. The molecule has 0 spiro atoms. The van der Waals surface area contributed by atoms with Crippen LogP contribution in [0, 0.1) is 0 Å². The number of nitrogens with one attached hydrogen (secondary N) is 1. The highest BCUT2D eigenvalue weighted by Crippen LogP contribution is 2.33. The van der Waals surface area contributed by atoms with Crippen molar-refractivity contribution in [2.24, 2.45) is 0 Å². The number of nitrogens with zero attached hydrogens (tertiary/aromatic N) is 3. The van der Waals surface area contributed by atoms with E-state index >= 15 is 0 Å². The van der Waals surface area contributed by atoms with Crippen molar-refractivity contribution in [3.63, 3.8) is 0 Å². The third-order valence-electron chi connectivity index (χ3n) is 5.96. The summed E-state index contributed by atoms with van der Waals surface area (Å²) in [7, 11) is 0. The Bertz CT molecular complexity index is 1080. The first-order chi connectivity index (χ1) is 15.2. The van der Waals surface area contributed by atoms with Gasteiger partial charge in [0.25, 0.3) is 5.91 Å². The number of aliphatic hydroxyl groups is 1. The van der Waals surface area contributed by atoms with E-state index in [2.05, 4.69) is 15.1 Å². The molecule has 3 heterocycles. The van der Waals surface area contributed by atoms with Crippen molar-refractivity contribution in [2.75, 3.05) is 50.8 Å². The molecule has 5 rings (SSSR count). The number of thiazole rings is 1. The zero-order valence-corrected chi connectivity index (χ0v) is 18.1. The molecule has 0 bridgehead atoms. The van der Waals surface area contributed by atoms with Gasteiger partial charge < -0.3 is 20.1 Å². The standard InChI is InChI=1S/C23H26N4O3S/c28-13-12-26-8-10-27(11-9-26)23-25-19-6-5-16(15-21(19)31-23)22(29)24-18-7-14-30-20-4-2-1-3-17(18)20/h1-6,15,18,28H,7-14H2,(H,24,29). The van der Waals surface area contributed by atoms with Crippen LogP contribution in [0.5, 0.6) is 5.75 Å². The van der Waals surface area contributed by atoms with Crippen LogP contribution < -0.4 is 15.0 Å². The van der Waals surface area contributed by atoms with Gasteiger partial charge in [-0.25, -0.2) is 4.98 Å². The quantitative estimate of drug-likeness (QED) is 0.638. The predicted molar refractivity (Wildman–Crippen MR) is 122 cm³/mol. The van der Waals surface area contributed by atoms with Crippen LogP contribution >= 0.6 is 11.3 Å². The van der Waals surface area contributed by atoms with Crippen LogP contribution in [0.2, 0.25) is 0 Å². The van der Waals surface area contributed by atoms with Crippen molar-refractivity contribution in [3.05, 3.63) is 53.6 Å². The van der Waals surface area contributed by atoms with Crippen molar-refractivity contribution in [2.45, 2.75) is 12.5 Å². The fourth-order valence-corrected chi connectivity index (χ4v) is 5.28. The molecule has 1 atom stereocenters. The minimum absolute atomic E-state index is 0.0413. The second-order valence-corrected chi connectivity index (χ2v) is 8.94. The van der Waals surface area contributed by atoms with Crippen molar-refractivity contribution < 1.29 is 14.6 Å². The molecule has 3 aromatic rings. The largest absolute Gasteiger partial charge is 0.493 e. The molecule has 1 unspecified atom stereocenters. The van der Waals surface area contributed by atoms with Crippen LogP contribution in [-0.4, -0.2) is 66.8 Å². The molecule has 1 fully saturated rings. The first-order valence-corrected chi connectivity index (χ1v) is 11.5. The molecule has 162 valence electrons. The number of para-hydroxylation sites is 1. The number of anilines is 1. The van der Waals surface area contributed by atoms with E-state index in [4.69, 9.17) is 14.8 Å². The smallest absolute Gasteiger partial charge is 0.251 e. The third kappa shape index (κ3) is 4.23. The monoisotopic (exact) mass is 438 g/mol. The number of hydrogen-bond acceptors (Lipinski definition) is 7. The fourth-order valence-electron chi connectivity index (χ4n) is 4.23. The number of carbonyl (C=O) groups excluding carboxylic acids is 1. The fraction of sp³-hybridized carbons (Fsp3) is 0.391. The normalized spacial score (nSPS) is 19.1. The van der Waals surface area contributed by atoms with Crippen LogP contribution in [0.15, 0.2) is 42.5 Å². The Morgan fingerprint density at radius 2 is 2.03 bits per heavy atom. The maximum absolute atomic E-state index is 13.0. The van der Waals surface area contributed by atoms with E-state index in [9.17, 15) is 4.79 Å². The number of fused-ring (bicyclic) bond motifs is 2. The summed E-state index contributed by atoms with van der Waals surface area (Å²) in [5, 5.41) is 13.3. The number of ether oxygens (including phenoxy) is 1. The maximum atomic E-state index is 13.0. The van der Waals surface area contributed by atoms with Gasteiger partial charge in [-0.3, -0.25) is 9.69 Å². The van der Waals surface area contributed by atoms with Gasteiger partial charge >= 0.3 is 0 Å². The summed E-state index contributed by atoms with van der Waals surface area (Å²) in [4.78, 5) is 22.3. The van der Waals surface area contributed by atoms with Crippen LogP contribution in [0.1, 0.15) is 28.4 Å². The molecule has 7 nitrogen and oxygen atoms in total. The van der Waals surface area contributed by atoms with Crippen LogP contribution in [0.25, 0.3) is 10.2 Å². The van der Waals surface area contributed by atoms with Crippen LogP contribution in [-0.2, 0) is 0 Å². The van der Waals surface area contributed by atoms with Gasteiger partial charge in [0, 0.05) is 50.3 Å². The number of aromatic nitrogens is 1. The van der Waals surface area contributed by atoms with Crippen LogP contribution in [0.3, 0.4) is 0 Å². The number of amides is 1. The van der Waals surface area contributed by atoms with Gasteiger partial charge in [-0.2, -0.15) is 0 Å². The number of rotatable bonds is 5. The molecular weight excluding hydrogens is 412 g/mol. The minimum Gasteiger partial charge on any atom is -0.493 e. The van der Waals surface area contributed by atoms with Gasteiger partial charge in [0.2, 0.25) is 0 Å². The van der Waals surface area contributed by atoms with E-state index < -0.39 is 0 Å². The molecule has 8 heteroatoms. The summed E-state index contributed by atoms with van der Waals surface area (Å²) in [6, 6.07) is 13.6. The molecular formula is C23H26N4O3S. The van der Waals surface area contributed by atoms with Gasteiger partial charge in [-0.1, -0.05) is 29.5 Å². The Hall–Kier alpha value is -2.68. The van der Waals surface area contributed by atoms with Gasteiger partial charge in [-0.15, -0.1) is 0 Å². The Labute approximate surface area is 185 Å². The molecule has 0 radical (unpaired) electrons. The Morgan fingerprint density at radius 1 is 1.19 bits per heavy atom. The molecule has 1 saturated heterocycles. The van der Waals surface area contributed by atoms with Crippen molar-refractivity contribution >= 4 is 32.6 Å². The number of aliphatic hydroxyl groups excluding tert-OH is 1. The van der Waals surface area contributed by atoms with Crippen molar-refractivity contribution in [3.8, 4) is 5.75 Å². The highest BCUT2D eigenvalue weighted by molar-refractivity contribution is 7.22. The lowest BCUT2D eigenvalue weighted by atomic mass is 10.00. The second-order valence-electron chi connectivity index (χ2n) is 7.93. The zero-order valence-electron chi connectivity index (χ0n) is 17.3. The van der Waals surface area contributed by atoms with Crippen molar-refractivity contribution in [1.29, 1.82) is 0 Å². The number of benzene rings is 2. The predicted octanol–water partition coefficient (Wildman–Crippen LogP) is 2.66. The molecule has 31 heavy (non-hydrogen) atoms. The summed E-state index contributed by atoms with van der Waals surface area (Å²) in [6.45, 7) is 5.18. The van der Waals surface area contributed by atoms with E-state index in [1.165, 1.54) is 0 Å². The summed E-state index contributed by atoms with van der Waals surface area (Å²) >= 11 is 1.63. The van der Waals surface area contributed by atoms with Crippen molar-refractivity contribution in [1.82, 2.24) is 15.2 Å². The summed E-state index contributed by atoms with van der Waals surface area (Å²) < 4.78 is 6.72. The molecule has 2 N–H and O–H groups in total. The minimum atomic E-state index is -0.0730. The number of piperazine rings is 1. The van der Waals surface area contributed by atoms with E-state index in [1.54, 1.807) is 11.3 Å². The highest BCUT2D eigenvalue weighted by Gasteiger charge is 2.24. The SMILES string of the molecule is O=C(NC1CCOc2ccccc21)c1ccc2nc(N3CCN(CCO)CC3)sc2c1.